The number of amides is 2. The minimum absolute atomic E-state index is 0.113. The molecule has 0 saturated carbocycles. The summed E-state index contributed by atoms with van der Waals surface area (Å²) in [4.78, 5) is 24.8. The molecule has 6 nitrogen and oxygen atoms in total. The van der Waals surface area contributed by atoms with Gasteiger partial charge in [-0.1, -0.05) is 26.0 Å². The maximum Gasteiger partial charge on any atom is 0.262 e. The molecule has 0 aliphatic heterocycles. The van der Waals surface area contributed by atoms with Gasteiger partial charge < -0.3 is 10.1 Å². The van der Waals surface area contributed by atoms with Gasteiger partial charge in [0, 0.05) is 0 Å². The standard InChI is InChI=1S/C21H24FN3O3/c1-13(2)19(24-20(26)17-7-5-6-8-18(17)22)21(27)25-23-12-15-9-10-16(28-4)11-14(15)3/h5-13,19H,1-4H3,(H,24,26)(H,25,27)/b23-12+. The van der Waals surface area contributed by atoms with Crippen molar-refractivity contribution in [1.82, 2.24) is 10.7 Å². The fourth-order valence-corrected chi connectivity index (χ4v) is 2.55. The first-order valence-corrected chi connectivity index (χ1v) is 8.86. The van der Waals surface area contributed by atoms with Gasteiger partial charge in [-0.3, -0.25) is 9.59 Å². The minimum Gasteiger partial charge on any atom is -0.497 e. The third-order valence-electron chi connectivity index (χ3n) is 4.21. The average Bonchev–Trinajstić information content (AvgIpc) is 2.67. The number of nitrogens with zero attached hydrogens (tertiary/aromatic N) is 1. The summed E-state index contributed by atoms with van der Waals surface area (Å²) in [5.41, 5.74) is 4.07. The Morgan fingerprint density at radius 1 is 1.18 bits per heavy atom. The highest BCUT2D eigenvalue weighted by molar-refractivity contribution is 5.98. The monoisotopic (exact) mass is 385 g/mol. The third-order valence-corrected chi connectivity index (χ3v) is 4.21. The van der Waals surface area contributed by atoms with Crippen molar-refractivity contribution in [3.63, 3.8) is 0 Å². The van der Waals surface area contributed by atoms with Gasteiger partial charge in [0.15, 0.2) is 0 Å². The molecular weight excluding hydrogens is 361 g/mol. The summed E-state index contributed by atoms with van der Waals surface area (Å²) >= 11 is 0. The summed E-state index contributed by atoms with van der Waals surface area (Å²) in [6, 6.07) is 10.2. The van der Waals surface area contributed by atoms with Crippen LogP contribution >= 0.6 is 0 Å². The molecule has 0 saturated heterocycles. The van der Waals surface area contributed by atoms with Crippen LogP contribution in [0.4, 0.5) is 4.39 Å². The highest BCUT2D eigenvalue weighted by Gasteiger charge is 2.25. The van der Waals surface area contributed by atoms with Crippen LogP contribution in [0.25, 0.3) is 0 Å². The van der Waals surface area contributed by atoms with Crippen molar-refractivity contribution in [2.45, 2.75) is 26.8 Å². The molecule has 2 aromatic carbocycles. The molecule has 1 unspecified atom stereocenters. The number of carbonyl (C=O) groups excluding carboxylic acids is 2. The quantitative estimate of drug-likeness (QED) is 0.568. The van der Waals surface area contributed by atoms with Crippen molar-refractivity contribution in [2.75, 3.05) is 7.11 Å². The van der Waals surface area contributed by atoms with Crippen LogP contribution in [0.2, 0.25) is 0 Å². The summed E-state index contributed by atoms with van der Waals surface area (Å²) < 4.78 is 18.9. The van der Waals surface area contributed by atoms with Gasteiger partial charge in [0.1, 0.15) is 17.6 Å². The number of hydrogen-bond donors (Lipinski definition) is 2. The number of rotatable bonds is 7. The Balaban J connectivity index is 2.05. The molecule has 0 aliphatic carbocycles. The van der Waals surface area contributed by atoms with E-state index in [1.807, 2.05) is 19.1 Å². The van der Waals surface area contributed by atoms with Gasteiger partial charge in [-0.25, -0.2) is 9.82 Å². The van der Waals surface area contributed by atoms with E-state index in [9.17, 15) is 14.0 Å². The first-order chi connectivity index (χ1) is 13.3. The van der Waals surface area contributed by atoms with Crippen molar-refractivity contribution in [3.05, 3.63) is 65.0 Å². The molecular formula is C21H24FN3O3. The summed E-state index contributed by atoms with van der Waals surface area (Å²) in [5, 5.41) is 6.54. The smallest absolute Gasteiger partial charge is 0.262 e. The Morgan fingerprint density at radius 3 is 2.50 bits per heavy atom. The number of carbonyl (C=O) groups is 2. The first kappa shape index (κ1) is 21.1. The van der Waals surface area contributed by atoms with Crippen molar-refractivity contribution in [2.24, 2.45) is 11.0 Å². The van der Waals surface area contributed by atoms with Crippen molar-refractivity contribution in [3.8, 4) is 5.75 Å². The van der Waals surface area contributed by atoms with Crippen LogP contribution in [0, 0.1) is 18.7 Å². The third kappa shape index (κ3) is 5.39. The molecule has 0 spiro atoms. The lowest BCUT2D eigenvalue weighted by molar-refractivity contribution is -0.123. The Morgan fingerprint density at radius 2 is 1.89 bits per heavy atom. The number of hydrogen-bond acceptors (Lipinski definition) is 4. The largest absolute Gasteiger partial charge is 0.497 e. The van der Waals surface area contributed by atoms with Crippen LogP contribution in [-0.4, -0.2) is 31.2 Å². The van der Waals surface area contributed by atoms with Crippen molar-refractivity contribution >= 4 is 18.0 Å². The predicted molar refractivity (Wildman–Crippen MR) is 106 cm³/mol. The van der Waals surface area contributed by atoms with E-state index < -0.39 is 23.7 Å². The Hall–Kier alpha value is -3.22. The summed E-state index contributed by atoms with van der Waals surface area (Å²) in [5.74, 6) is -1.26. The van der Waals surface area contributed by atoms with Crippen LogP contribution < -0.4 is 15.5 Å². The van der Waals surface area contributed by atoms with E-state index in [4.69, 9.17) is 4.74 Å². The normalized spacial score (nSPS) is 12.1. The molecule has 0 bridgehead atoms. The zero-order valence-corrected chi connectivity index (χ0v) is 16.3. The number of aryl methyl sites for hydroxylation is 1. The second-order valence-corrected chi connectivity index (χ2v) is 6.63. The van der Waals surface area contributed by atoms with Crippen LogP contribution in [0.15, 0.2) is 47.6 Å². The summed E-state index contributed by atoms with van der Waals surface area (Å²) in [6.45, 7) is 5.46. The van der Waals surface area contributed by atoms with Gasteiger partial charge in [-0.15, -0.1) is 0 Å². The Labute approximate surface area is 163 Å². The molecule has 0 fully saturated rings. The molecule has 0 heterocycles. The fraction of sp³-hybridized carbons (Fsp3) is 0.286. The van der Waals surface area contributed by atoms with E-state index >= 15 is 0 Å². The van der Waals surface area contributed by atoms with Crippen LogP contribution in [0.1, 0.15) is 35.3 Å². The highest BCUT2D eigenvalue weighted by atomic mass is 19.1. The SMILES string of the molecule is COc1ccc(/C=N/NC(=O)C(NC(=O)c2ccccc2F)C(C)C)c(C)c1. The van der Waals surface area contributed by atoms with Gasteiger partial charge >= 0.3 is 0 Å². The number of ether oxygens (including phenoxy) is 1. The Kier molecular flexibility index (Phi) is 7.26. The zero-order chi connectivity index (χ0) is 20.7. The van der Waals surface area contributed by atoms with Crippen molar-refractivity contribution in [1.29, 1.82) is 0 Å². The molecule has 28 heavy (non-hydrogen) atoms. The molecule has 0 radical (unpaired) electrons. The van der Waals surface area contributed by atoms with E-state index in [1.165, 1.54) is 24.4 Å². The number of methoxy groups -OCH3 is 1. The van der Waals surface area contributed by atoms with E-state index in [-0.39, 0.29) is 11.5 Å². The maximum atomic E-state index is 13.8. The zero-order valence-electron chi connectivity index (χ0n) is 16.3. The van der Waals surface area contributed by atoms with Crippen LogP contribution in [0.3, 0.4) is 0 Å². The van der Waals surface area contributed by atoms with Gasteiger partial charge in [-0.05, 0) is 54.3 Å². The summed E-state index contributed by atoms with van der Waals surface area (Å²) in [7, 11) is 1.59. The van der Waals surface area contributed by atoms with Gasteiger partial charge in [0.2, 0.25) is 0 Å². The molecule has 0 aromatic heterocycles. The molecule has 148 valence electrons. The number of hydrazone groups is 1. The lowest BCUT2D eigenvalue weighted by atomic mass is 10.0. The fourth-order valence-electron chi connectivity index (χ4n) is 2.55. The molecule has 2 aromatic rings. The predicted octanol–water partition coefficient (Wildman–Crippen LogP) is 3.05. The molecule has 2 amide bonds. The van der Waals surface area contributed by atoms with E-state index in [0.29, 0.717) is 0 Å². The van der Waals surface area contributed by atoms with E-state index in [2.05, 4.69) is 15.8 Å². The van der Waals surface area contributed by atoms with Crippen LogP contribution in [0.5, 0.6) is 5.75 Å². The van der Waals surface area contributed by atoms with Gasteiger partial charge in [0.05, 0.1) is 18.9 Å². The van der Waals surface area contributed by atoms with Gasteiger partial charge in [-0.2, -0.15) is 5.10 Å². The van der Waals surface area contributed by atoms with Crippen LogP contribution in [-0.2, 0) is 4.79 Å². The molecule has 2 N–H and O–H groups in total. The summed E-state index contributed by atoms with van der Waals surface area (Å²) in [6.07, 6.45) is 1.52. The van der Waals surface area contributed by atoms with Gasteiger partial charge in [0.25, 0.3) is 11.8 Å². The second kappa shape index (κ2) is 9.64. The molecule has 1 atom stereocenters. The minimum atomic E-state index is -0.860. The molecule has 2 rings (SSSR count). The second-order valence-electron chi connectivity index (χ2n) is 6.63. The molecule has 0 aliphatic rings. The Bertz CT molecular complexity index is 881. The lowest BCUT2D eigenvalue weighted by Crippen LogP contribution is -2.48. The number of benzene rings is 2. The lowest BCUT2D eigenvalue weighted by Gasteiger charge is -2.20. The number of nitrogens with one attached hydrogen (secondary N) is 2. The highest BCUT2D eigenvalue weighted by Crippen LogP contribution is 2.15. The molecule has 7 heteroatoms. The van der Waals surface area contributed by atoms with Crippen molar-refractivity contribution < 1.29 is 18.7 Å². The topological polar surface area (TPSA) is 79.8 Å². The number of halogens is 1. The van der Waals surface area contributed by atoms with E-state index in [0.717, 1.165) is 16.9 Å². The maximum absolute atomic E-state index is 13.8. The average molecular weight is 385 g/mol. The first-order valence-electron chi connectivity index (χ1n) is 8.86. The van der Waals surface area contributed by atoms with E-state index in [1.54, 1.807) is 33.1 Å².